The smallest absolute Gasteiger partial charge is 0.151 e. The highest BCUT2D eigenvalue weighted by atomic mass is 16.5. The highest BCUT2D eigenvalue weighted by Gasteiger charge is 2.11. The Hall–Kier alpha value is -1.20. The highest BCUT2D eigenvalue weighted by molar-refractivity contribution is 5.37. The zero-order chi connectivity index (χ0) is 13.4. The molecule has 1 heterocycles. The first-order chi connectivity index (χ1) is 8.69. The van der Waals surface area contributed by atoms with Crippen LogP contribution in [0.3, 0.4) is 0 Å². The molecule has 5 heteroatoms. The van der Waals surface area contributed by atoms with Crippen LogP contribution in [0.4, 0.5) is 5.82 Å². The van der Waals surface area contributed by atoms with Crippen LogP contribution in [0.2, 0.25) is 0 Å². The van der Waals surface area contributed by atoms with E-state index in [0.29, 0.717) is 6.61 Å². The van der Waals surface area contributed by atoms with Crippen LogP contribution in [0.15, 0.2) is 12.1 Å². The van der Waals surface area contributed by atoms with Crippen molar-refractivity contribution in [1.29, 1.82) is 0 Å². The summed E-state index contributed by atoms with van der Waals surface area (Å²) in [5.74, 6) is 0.874. The number of ether oxygens (including phenoxy) is 1. The molecule has 0 amide bonds. The number of aromatic nitrogens is 2. The number of hydrogen-bond donors (Lipinski definition) is 1. The second-order valence-electron chi connectivity index (χ2n) is 4.47. The normalized spacial score (nSPS) is 12.4. The zero-order valence-electron chi connectivity index (χ0n) is 11.8. The molecular weight excluding hydrogens is 228 g/mol. The highest BCUT2D eigenvalue weighted by Crippen LogP contribution is 2.10. The molecule has 0 saturated carbocycles. The largest absolute Gasteiger partial charge is 0.383 e. The van der Waals surface area contributed by atoms with Crippen LogP contribution in [0.1, 0.15) is 26.0 Å². The number of likely N-dealkylation sites (N-methyl/N-ethyl adjacent to an activating group) is 1. The van der Waals surface area contributed by atoms with Crippen molar-refractivity contribution in [3.63, 3.8) is 0 Å². The summed E-state index contributed by atoms with van der Waals surface area (Å²) in [6, 6.07) is 4.30. The SMILES string of the molecule is CCCNCc1ccc(N(C)C(C)COC)nn1. The average Bonchev–Trinajstić information content (AvgIpc) is 2.39. The Morgan fingerprint density at radius 3 is 2.72 bits per heavy atom. The minimum absolute atomic E-state index is 0.286. The molecule has 0 aliphatic rings. The summed E-state index contributed by atoms with van der Waals surface area (Å²) >= 11 is 0. The van der Waals surface area contributed by atoms with Crippen LogP contribution in [-0.4, -0.2) is 43.5 Å². The van der Waals surface area contributed by atoms with E-state index in [-0.39, 0.29) is 6.04 Å². The van der Waals surface area contributed by atoms with E-state index in [1.165, 1.54) is 0 Å². The predicted octanol–water partition coefficient (Wildman–Crippen LogP) is 1.45. The third-order valence-corrected chi connectivity index (χ3v) is 2.87. The molecule has 18 heavy (non-hydrogen) atoms. The molecule has 0 aromatic carbocycles. The summed E-state index contributed by atoms with van der Waals surface area (Å²) in [4.78, 5) is 2.07. The quantitative estimate of drug-likeness (QED) is 0.710. The Morgan fingerprint density at radius 1 is 1.39 bits per heavy atom. The van der Waals surface area contributed by atoms with Crippen LogP contribution in [-0.2, 0) is 11.3 Å². The maximum Gasteiger partial charge on any atom is 0.151 e. The number of nitrogens with zero attached hydrogens (tertiary/aromatic N) is 3. The number of rotatable bonds is 8. The molecule has 1 unspecified atom stereocenters. The molecule has 0 saturated heterocycles. The van der Waals surface area contributed by atoms with E-state index < -0.39 is 0 Å². The number of hydrogen-bond acceptors (Lipinski definition) is 5. The molecule has 5 nitrogen and oxygen atoms in total. The Balaban J connectivity index is 2.53. The van der Waals surface area contributed by atoms with Crippen molar-refractivity contribution in [2.75, 3.05) is 32.2 Å². The van der Waals surface area contributed by atoms with Gasteiger partial charge in [-0.25, -0.2) is 0 Å². The summed E-state index contributed by atoms with van der Waals surface area (Å²) < 4.78 is 5.14. The monoisotopic (exact) mass is 252 g/mol. The standard InChI is InChI=1S/C13H24N4O/c1-5-8-14-9-12-6-7-13(16-15-12)17(3)11(2)10-18-4/h6-7,11,14H,5,8-10H2,1-4H3. The molecule has 1 rings (SSSR count). The average molecular weight is 252 g/mol. The van der Waals surface area contributed by atoms with Crippen molar-refractivity contribution < 1.29 is 4.74 Å². The van der Waals surface area contributed by atoms with E-state index in [1.807, 2.05) is 19.2 Å². The summed E-state index contributed by atoms with van der Waals surface area (Å²) in [6.45, 7) is 6.71. The first-order valence-electron chi connectivity index (χ1n) is 6.44. The van der Waals surface area contributed by atoms with E-state index in [4.69, 9.17) is 4.74 Å². The van der Waals surface area contributed by atoms with Gasteiger partial charge in [0.05, 0.1) is 18.3 Å². The number of methoxy groups -OCH3 is 1. The maximum absolute atomic E-state index is 5.14. The Kier molecular flexibility index (Phi) is 6.60. The fourth-order valence-corrected chi connectivity index (χ4v) is 1.61. The van der Waals surface area contributed by atoms with Gasteiger partial charge < -0.3 is 15.0 Å². The van der Waals surface area contributed by atoms with Crippen molar-refractivity contribution in [1.82, 2.24) is 15.5 Å². The number of anilines is 1. The van der Waals surface area contributed by atoms with Crippen LogP contribution in [0.5, 0.6) is 0 Å². The Morgan fingerprint density at radius 2 is 2.17 bits per heavy atom. The first-order valence-corrected chi connectivity index (χ1v) is 6.44. The third kappa shape index (κ3) is 4.58. The third-order valence-electron chi connectivity index (χ3n) is 2.87. The van der Waals surface area contributed by atoms with Crippen molar-refractivity contribution in [2.24, 2.45) is 0 Å². The number of nitrogens with one attached hydrogen (secondary N) is 1. The minimum atomic E-state index is 0.286. The Labute approximate surface area is 110 Å². The summed E-state index contributed by atoms with van der Waals surface area (Å²) in [5.41, 5.74) is 0.972. The maximum atomic E-state index is 5.14. The van der Waals surface area contributed by atoms with Crippen LogP contribution < -0.4 is 10.2 Å². The lowest BCUT2D eigenvalue weighted by atomic mass is 10.3. The summed E-state index contributed by atoms with van der Waals surface area (Å²) in [5, 5.41) is 11.8. The van der Waals surface area contributed by atoms with Gasteiger partial charge >= 0.3 is 0 Å². The molecule has 0 spiro atoms. The van der Waals surface area contributed by atoms with E-state index in [2.05, 4.69) is 34.3 Å². The zero-order valence-corrected chi connectivity index (χ0v) is 11.8. The van der Waals surface area contributed by atoms with E-state index in [0.717, 1.165) is 31.0 Å². The van der Waals surface area contributed by atoms with Gasteiger partial charge in [0.25, 0.3) is 0 Å². The lowest BCUT2D eigenvalue weighted by Gasteiger charge is -2.24. The van der Waals surface area contributed by atoms with Crippen molar-refractivity contribution in [2.45, 2.75) is 32.9 Å². The first kappa shape index (κ1) is 14.9. The summed E-state index contributed by atoms with van der Waals surface area (Å²) in [6.07, 6.45) is 1.13. The summed E-state index contributed by atoms with van der Waals surface area (Å²) in [7, 11) is 3.71. The molecular formula is C13H24N4O. The van der Waals surface area contributed by atoms with Gasteiger partial charge in [-0.2, -0.15) is 5.10 Å². The van der Waals surface area contributed by atoms with Gasteiger partial charge in [0.2, 0.25) is 0 Å². The van der Waals surface area contributed by atoms with E-state index in [1.54, 1.807) is 7.11 Å². The second kappa shape index (κ2) is 8.00. The fraction of sp³-hybridized carbons (Fsp3) is 0.692. The van der Waals surface area contributed by atoms with Crippen LogP contribution >= 0.6 is 0 Å². The second-order valence-corrected chi connectivity index (χ2v) is 4.47. The van der Waals surface area contributed by atoms with Crippen molar-refractivity contribution >= 4 is 5.82 Å². The Bertz CT molecular complexity index is 328. The predicted molar refractivity (Wildman–Crippen MR) is 73.8 cm³/mol. The van der Waals surface area contributed by atoms with Gasteiger partial charge in [-0.15, -0.1) is 5.10 Å². The topological polar surface area (TPSA) is 50.3 Å². The lowest BCUT2D eigenvalue weighted by Crippen LogP contribution is -2.33. The van der Waals surface area contributed by atoms with Crippen molar-refractivity contribution in [3.8, 4) is 0 Å². The van der Waals surface area contributed by atoms with Crippen LogP contribution in [0.25, 0.3) is 0 Å². The molecule has 1 atom stereocenters. The van der Waals surface area contributed by atoms with Crippen LogP contribution in [0, 0.1) is 0 Å². The van der Waals surface area contributed by atoms with Gasteiger partial charge in [-0.05, 0) is 32.0 Å². The molecule has 1 aromatic heterocycles. The molecule has 1 aromatic rings. The lowest BCUT2D eigenvalue weighted by molar-refractivity contribution is 0.183. The minimum Gasteiger partial charge on any atom is -0.383 e. The van der Waals surface area contributed by atoms with Gasteiger partial charge in [0.15, 0.2) is 5.82 Å². The molecule has 0 fully saturated rings. The molecule has 0 aliphatic heterocycles. The van der Waals surface area contributed by atoms with E-state index >= 15 is 0 Å². The molecule has 1 N–H and O–H groups in total. The van der Waals surface area contributed by atoms with Gasteiger partial charge in [0.1, 0.15) is 0 Å². The molecule has 102 valence electrons. The molecule has 0 bridgehead atoms. The van der Waals surface area contributed by atoms with Crippen molar-refractivity contribution in [3.05, 3.63) is 17.8 Å². The fourth-order valence-electron chi connectivity index (χ4n) is 1.61. The van der Waals surface area contributed by atoms with Gasteiger partial charge in [-0.3, -0.25) is 0 Å². The van der Waals surface area contributed by atoms with Gasteiger partial charge in [-0.1, -0.05) is 6.92 Å². The molecule has 0 aliphatic carbocycles. The van der Waals surface area contributed by atoms with Gasteiger partial charge in [0, 0.05) is 20.7 Å². The van der Waals surface area contributed by atoms with E-state index in [9.17, 15) is 0 Å². The molecule has 0 radical (unpaired) electrons.